The Kier molecular flexibility index (Phi) is 7.40. The lowest BCUT2D eigenvalue weighted by Crippen LogP contribution is -2.63. The highest BCUT2D eigenvalue weighted by Crippen LogP contribution is 2.49. The Hall–Kier alpha value is -2.55. The number of halogens is 4. The van der Waals surface area contributed by atoms with Gasteiger partial charge in [0.05, 0.1) is 20.5 Å². The number of sulfone groups is 1. The quantitative estimate of drug-likeness (QED) is 0.351. The SMILES string of the molecule is CC(C)(C)OC(=O)NC1=N[C@](C)(c2sc(C#CCc3cc(F)c(F)c(F)c3)cc2Cl)CS(=O)(=O)C12CCC2. The van der Waals surface area contributed by atoms with Gasteiger partial charge in [-0.2, -0.15) is 0 Å². The molecule has 0 bridgehead atoms. The van der Waals surface area contributed by atoms with Crippen molar-refractivity contribution >= 4 is 44.7 Å². The van der Waals surface area contributed by atoms with Crippen LogP contribution in [0.5, 0.6) is 0 Å². The van der Waals surface area contributed by atoms with Crippen LogP contribution in [0.1, 0.15) is 62.3 Å². The summed E-state index contributed by atoms with van der Waals surface area (Å²) in [4.78, 5) is 18.2. The summed E-state index contributed by atoms with van der Waals surface area (Å²) in [5.74, 6) is 1.22. The normalized spacial score (nSPS) is 21.6. The van der Waals surface area contributed by atoms with Crippen LogP contribution in [-0.2, 0) is 26.5 Å². The fraction of sp³-hybridized carbons (Fsp3) is 0.462. The second kappa shape index (κ2) is 9.88. The van der Waals surface area contributed by atoms with E-state index in [9.17, 15) is 26.4 Å². The number of amidine groups is 1. The van der Waals surface area contributed by atoms with E-state index >= 15 is 0 Å². The van der Waals surface area contributed by atoms with Crippen LogP contribution in [-0.4, -0.2) is 36.4 Å². The van der Waals surface area contributed by atoms with Crippen molar-refractivity contribution in [2.75, 3.05) is 5.75 Å². The standard InChI is InChI=1S/C26H26ClF3N2O4S2/c1-24(2,3)36-23(33)31-22-26(9-6-10-26)38(34,35)14-25(4,32-22)21-17(27)13-16(37-21)8-5-7-15-11-18(28)20(30)19(29)12-15/h11-13H,6-7,9-10,14H2,1-4H3,(H,31,32,33)/t25-/m0/s1. The van der Waals surface area contributed by atoms with E-state index in [0.717, 1.165) is 23.5 Å². The number of ether oxygens (including phenoxy) is 1. The summed E-state index contributed by atoms with van der Waals surface area (Å²) in [5.41, 5.74) is -1.92. The predicted octanol–water partition coefficient (Wildman–Crippen LogP) is 5.90. The molecule has 4 rings (SSSR count). The smallest absolute Gasteiger partial charge is 0.413 e. The second-order valence-electron chi connectivity index (χ2n) is 10.6. The van der Waals surface area contributed by atoms with Crippen molar-refractivity contribution in [1.29, 1.82) is 0 Å². The zero-order valence-electron chi connectivity index (χ0n) is 21.2. The third kappa shape index (κ3) is 5.44. The molecule has 1 aromatic carbocycles. The zero-order valence-corrected chi connectivity index (χ0v) is 23.6. The lowest BCUT2D eigenvalue weighted by molar-refractivity contribution is 0.0559. The molecule has 1 amide bonds. The summed E-state index contributed by atoms with van der Waals surface area (Å²) in [6.07, 6.45) is 0.542. The van der Waals surface area contributed by atoms with Gasteiger partial charge in [0.2, 0.25) is 0 Å². The molecule has 1 N–H and O–H groups in total. The number of carbonyl (C=O) groups is 1. The lowest BCUT2D eigenvalue weighted by atomic mass is 9.82. The number of benzene rings is 1. The van der Waals surface area contributed by atoms with Gasteiger partial charge in [0.1, 0.15) is 21.7 Å². The number of aliphatic imine (C=N–C) groups is 1. The number of alkyl carbamates (subject to hydrolysis) is 1. The van der Waals surface area contributed by atoms with Crippen LogP contribution in [0.4, 0.5) is 18.0 Å². The second-order valence-corrected chi connectivity index (χ2v) is 14.4. The topological polar surface area (TPSA) is 84.8 Å². The van der Waals surface area contributed by atoms with Gasteiger partial charge in [-0.05, 0) is 70.7 Å². The maximum absolute atomic E-state index is 13.6. The van der Waals surface area contributed by atoms with Crippen LogP contribution >= 0.6 is 22.9 Å². The molecule has 1 aromatic heterocycles. The molecule has 0 unspecified atom stereocenters. The zero-order chi connectivity index (χ0) is 28.1. The number of amides is 1. The van der Waals surface area contributed by atoms with Crippen molar-refractivity contribution in [2.45, 2.75) is 69.3 Å². The van der Waals surface area contributed by atoms with Crippen molar-refractivity contribution in [2.24, 2.45) is 4.99 Å². The first-order valence-corrected chi connectivity index (χ1v) is 14.6. The third-order valence-electron chi connectivity index (χ3n) is 6.36. The fourth-order valence-electron chi connectivity index (χ4n) is 4.48. The first-order chi connectivity index (χ1) is 17.6. The van der Waals surface area contributed by atoms with Crippen LogP contribution in [0, 0.1) is 29.3 Å². The molecule has 0 saturated heterocycles. The van der Waals surface area contributed by atoms with E-state index in [0.29, 0.717) is 29.0 Å². The molecule has 2 heterocycles. The molecule has 0 radical (unpaired) electrons. The number of rotatable bonds is 2. The van der Waals surface area contributed by atoms with E-state index in [1.54, 1.807) is 33.8 Å². The molecule has 38 heavy (non-hydrogen) atoms. The molecule has 2 aliphatic rings. The highest BCUT2D eigenvalue weighted by atomic mass is 35.5. The minimum atomic E-state index is -3.74. The monoisotopic (exact) mass is 586 g/mol. The van der Waals surface area contributed by atoms with Gasteiger partial charge in [0, 0.05) is 6.42 Å². The van der Waals surface area contributed by atoms with E-state index in [1.807, 2.05) is 0 Å². The molecule has 1 aliphatic carbocycles. The number of hydrogen-bond acceptors (Lipinski definition) is 6. The molecule has 12 heteroatoms. The molecule has 1 atom stereocenters. The minimum absolute atomic E-state index is 0.0456. The van der Waals surface area contributed by atoms with Gasteiger partial charge in [-0.3, -0.25) is 10.3 Å². The van der Waals surface area contributed by atoms with Crippen molar-refractivity contribution in [1.82, 2.24) is 5.32 Å². The largest absolute Gasteiger partial charge is 0.444 e. The fourth-order valence-corrected chi connectivity index (χ4v) is 8.61. The Morgan fingerprint density at radius 2 is 1.84 bits per heavy atom. The Labute approximate surface area is 228 Å². The first kappa shape index (κ1) is 28.5. The maximum Gasteiger partial charge on any atom is 0.413 e. The summed E-state index contributed by atoms with van der Waals surface area (Å²) in [6, 6.07) is 3.30. The van der Waals surface area contributed by atoms with Gasteiger partial charge in [-0.25, -0.2) is 26.4 Å². The van der Waals surface area contributed by atoms with Gasteiger partial charge >= 0.3 is 6.09 Å². The molecule has 1 aliphatic heterocycles. The van der Waals surface area contributed by atoms with Crippen LogP contribution < -0.4 is 5.32 Å². The van der Waals surface area contributed by atoms with E-state index < -0.39 is 49.3 Å². The first-order valence-electron chi connectivity index (χ1n) is 11.8. The highest BCUT2D eigenvalue weighted by molar-refractivity contribution is 7.93. The molecular formula is C26H26ClF3N2O4S2. The number of hydrogen-bond donors (Lipinski definition) is 1. The predicted molar refractivity (Wildman–Crippen MR) is 141 cm³/mol. The van der Waals surface area contributed by atoms with E-state index in [2.05, 4.69) is 17.2 Å². The summed E-state index contributed by atoms with van der Waals surface area (Å²) >= 11 is 7.64. The highest BCUT2D eigenvalue weighted by Gasteiger charge is 2.59. The van der Waals surface area contributed by atoms with Crippen molar-refractivity contribution < 1.29 is 31.1 Å². The maximum atomic E-state index is 13.6. The number of nitrogens with one attached hydrogen (secondary N) is 1. The Bertz CT molecular complexity index is 1480. The van der Waals surface area contributed by atoms with Crippen LogP contribution in [0.2, 0.25) is 5.02 Å². The average molecular weight is 587 g/mol. The molecule has 2 aromatic rings. The number of nitrogens with zero attached hydrogens (tertiary/aromatic N) is 1. The molecule has 1 saturated carbocycles. The van der Waals surface area contributed by atoms with Crippen LogP contribution in [0.3, 0.4) is 0 Å². The molecule has 1 spiro atoms. The van der Waals surface area contributed by atoms with Crippen LogP contribution in [0.15, 0.2) is 23.2 Å². The van der Waals surface area contributed by atoms with Crippen molar-refractivity contribution in [3.05, 3.63) is 56.0 Å². The van der Waals surface area contributed by atoms with Crippen LogP contribution in [0.25, 0.3) is 0 Å². The van der Waals surface area contributed by atoms with Crippen molar-refractivity contribution in [3.63, 3.8) is 0 Å². The summed E-state index contributed by atoms with van der Waals surface area (Å²) in [5, 5.41) is 2.85. The molecule has 6 nitrogen and oxygen atoms in total. The van der Waals surface area contributed by atoms with Gasteiger partial charge in [-0.15, -0.1) is 11.3 Å². The van der Waals surface area contributed by atoms with Gasteiger partial charge in [0.15, 0.2) is 27.3 Å². The van der Waals surface area contributed by atoms with E-state index in [-0.39, 0.29) is 28.6 Å². The molecule has 1 fully saturated rings. The van der Waals surface area contributed by atoms with E-state index in [4.69, 9.17) is 21.3 Å². The Balaban J connectivity index is 1.65. The summed E-state index contributed by atoms with van der Waals surface area (Å²) in [6.45, 7) is 6.73. The van der Waals surface area contributed by atoms with Gasteiger partial charge in [0.25, 0.3) is 0 Å². The average Bonchev–Trinajstić information content (AvgIpc) is 3.09. The van der Waals surface area contributed by atoms with Gasteiger partial charge < -0.3 is 4.74 Å². The van der Waals surface area contributed by atoms with E-state index in [1.165, 1.54) is 0 Å². The van der Waals surface area contributed by atoms with Crippen molar-refractivity contribution in [3.8, 4) is 11.8 Å². The minimum Gasteiger partial charge on any atom is -0.444 e. The summed E-state index contributed by atoms with van der Waals surface area (Å²) in [7, 11) is -3.74. The molecule has 204 valence electrons. The Morgan fingerprint density at radius 3 is 2.39 bits per heavy atom. The number of thiophene rings is 1. The molecular weight excluding hydrogens is 561 g/mol. The third-order valence-corrected chi connectivity index (χ3v) is 10.8. The van der Waals surface area contributed by atoms with Gasteiger partial charge in [-0.1, -0.05) is 23.4 Å². The summed E-state index contributed by atoms with van der Waals surface area (Å²) < 4.78 is 71.3. The number of carbonyl (C=O) groups excluding carboxylic acids is 1. The lowest BCUT2D eigenvalue weighted by Gasteiger charge is -2.47. The Morgan fingerprint density at radius 1 is 1.21 bits per heavy atom.